The van der Waals surface area contributed by atoms with Gasteiger partial charge in [-0.05, 0) is 36.2 Å². The van der Waals surface area contributed by atoms with E-state index in [2.05, 4.69) is 4.74 Å². The largest absolute Gasteiger partial charge is 0.511 e. The van der Waals surface area contributed by atoms with Crippen molar-refractivity contribution in [1.29, 1.82) is 0 Å². The summed E-state index contributed by atoms with van der Waals surface area (Å²) in [6.07, 6.45) is -0.718. The van der Waals surface area contributed by atoms with Crippen LogP contribution in [-0.4, -0.2) is 17.2 Å². The molecule has 0 heterocycles. The average Bonchev–Trinajstić information content (AvgIpc) is 2.46. The molecule has 2 rings (SSSR count). The zero-order valence-electron chi connectivity index (χ0n) is 11.2. The lowest BCUT2D eigenvalue weighted by atomic mass is 10.1. The van der Waals surface area contributed by atoms with Gasteiger partial charge in [0.25, 0.3) is 0 Å². The minimum Gasteiger partial charge on any atom is -0.449 e. The Kier molecular flexibility index (Phi) is 4.93. The van der Waals surface area contributed by atoms with E-state index >= 15 is 0 Å². The summed E-state index contributed by atoms with van der Waals surface area (Å²) in [5, 5.41) is 8.54. The van der Waals surface area contributed by atoms with Crippen LogP contribution in [0.4, 0.5) is 4.79 Å². The second-order valence-electron chi connectivity index (χ2n) is 4.30. The van der Waals surface area contributed by atoms with Crippen molar-refractivity contribution in [3.8, 4) is 11.5 Å². The standard InChI is InChI=1S/C16H14O5/c17-15(20-13-6-2-1-3-7-13)10-9-12-5-4-8-14(11-12)21-16(18)19/h1-8,11H,9-10H2,(H,18,19). The van der Waals surface area contributed by atoms with Crippen molar-refractivity contribution < 1.29 is 24.2 Å². The Morgan fingerprint density at radius 3 is 2.33 bits per heavy atom. The Bertz CT molecular complexity index is 622. The zero-order chi connectivity index (χ0) is 15.1. The SMILES string of the molecule is O=C(O)Oc1cccc(CCC(=O)Oc2ccccc2)c1. The third kappa shape index (κ3) is 4.99. The Hall–Kier alpha value is -2.82. The Morgan fingerprint density at radius 2 is 1.62 bits per heavy atom. The van der Waals surface area contributed by atoms with Gasteiger partial charge < -0.3 is 14.6 Å². The maximum atomic E-state index is 11.7. The summed E-state index contributed by atoms with van der Waals surface area (Å²) in [4.78, 5) is 22.2. The van der Waals surface area contributed by atoms with E-state index in [0.717, 1.165) is 5.56 Å². The first-order valence-corrected chi connectivity index (χ1v) is 6.39. The molecule has 0 spiro atoms. The van der Waals surface area contributed by atoms with E-state index in [1.165, 1.54) is 0 Å². The van der Waals surface area contributed by atoms with Crippen LogP contribution < -0.4 is 9.47 Å². The van der Waals surface area contributed by atoms with E-state index in [9.17, 15) is 9.59 Å². The molecule has 0 aliphatic heterocycles. The van der Waals surface area contributed by atoms with Crippen molar-refractivity contribution in [3.05, 3.63) is 60.2 Å². The third-order valence-electron chi connectivity index (χ3n) is 2.70. The average molecular weight is 286 g/mol. The minimum atomic E-state index is -1.37. The van der Waals surface area contributed by atoms with Gasteiger partial charge in [0.05, 0.1) is 0 Å². The van der Waals surface area contributed by atoms with Gasteiger partial charge in [-0.2, -0.15) is 0 Å². The molecule has 0 atom stereocenters. The molecule has 0 amide bonds. The van der Waals surface area contributed by atoms with Gasteiger partial charge >= 0.3 is 12.1 Å². The number of hydrogen-bond donors (Lipinski definition) is 1. The molecule has 0 fully saturated rings. The van der Waals surface area contributed by atoms with Crippen LogP contribution in [0.1, 0.15) is 12.0 Å². The Balaban J connectivity index is 1.88. The van der Waals surface area contributed by atoms with Crippen LogP contribution in [0.15, 0.2) is 54.6 Å². The monoisotopic (exact) mass is 286 g/mol. The van der Waals surface area contributed by atoms with Crippen LogP contribution in [0.3, 0.4) is 0 Å². The molecule has 2 aromatic carbocycles. The number of rotatable bonds is 5. The molecule has 21 heavy (non-hydrogen) atoms. The molecule has 5 heteroatoms. The van der Waals surface area contributed by atoms with E-state index in [4.69, 9.17) is 9.84 Å². The molecule has 0 aliphatic carbocycles. The van der Waals surface area contributed by atoms with Gasteiger partial charge in [-0.1, -0.05) is 30.3 Å². The molecule has 2 aromatic rings. The first kappa shape index (κ1) is 14.6. The maximum absolute atomic E-state index is 11.7. The van der Waals surface area contributed by atoms with Gasteiger partial charge in [-0.3, -0.25) is 4.79 Å². The highest BCUT2D eigenvalue weighted by molar-refractivity contribution is 5.72. The number of hydrogen-bond acceptors (Lipinski definition) is 4. The van der Waals surface area contributed by atoms with Crippen LogP contribution in [0.5, 0.6) is 11.5 Å². The topological polar surface area (TPSA) is 72.8 Å². The van der Waals surface area contributed by atoms with E-state index < -0.39 is 6.16 Å². The number of carbonyl (C=O) groups excluding carboxylic acids is 1. The van der Waals surface area contributed by atoms with Gasteiger partial charge in [0.15, 0.2) is 0 Å². The van der Waals surface area contributed by atoms with E-state index in [1.54, 1.807) is 48.5 Å². The van der Waals surface area contributed by atoms with Crippen molar-refractivity contribution >= 4 is 12.1 Å². The zero-order valence-corrected chi connectivity index (χ0v) is 11.2. The minimum absolute atomic E-state index is 0.200. The second-order valence-corrected chi connectivity index (χ2v) is 4.30. The van der Waals surface area contributed by atoms with Gasteiger partial charge in [0.2, 0.25) is 0 Å². The third-order valence-corrected chi connectivity index (χ3v) is 2.70. The lowest BCUT2D eigenvalue weighted by Gasteiger charge is -2.05. The summed E-state index contributed by atoms with van der Waals surface area (Å²) >= 11 is 0. The highest BCUT2D eigenvalue weighted by Gasteiger charge is 2.07. The van der Waals surface area contributed by atoms with Gasteiger partial charge in [-0.25, -0.2) is 4.79 Å². The first-order valence-electron chi connectivity index (χ1n) is 6.39. The van der Waals surface area contributed by atoms with Crippen molar-refractivity contribution in [1.82, 2.24) is 0 Å². The number of carboxylic acid groups (broad SMARTS) is 1. The van der Waals surface area contributed by atoms with Crippen molar-refractivity contribution in [3.63, 3.8) is 0 Å². The van der Waals surface area contributed by atoms with Gasteiger partial charge in [0, 0.05) is 6.42 Å². The van der Waals surface area contributed by atoms with Crippen LogP contribution >= 0.6 is 0 Å². The summed E-state index contributed by atoms with van der Waals surface area (Å²) in [5.41, 5.74) is 0.804. The highest BCUT2D eigenvalue weighted by atomic mass is 16.7. The van der Waals surface area contributed by atoms with E-state index in [1.807, 2.05) is 6.07 Å². The summed E-state index contributed by atoms with van der Waals surface area (Å²) in [6.45, 7) is 0. The molecule has 0 saturated carbocycles. The molecule has 0 bridgehead atoms. The van der Waals surface area contributed by atoms with Crippen LogP contribution in [0.2, 0.25) is 0 Å². The fraction of sp³-hybridized carbons (Fsp3) is 0.125. The fourth-order valence-electron chi connectivity index (χ4n) is 1.78. The van der Waals surface area contributed by atoms with E-state index in [-0.39, 0.29) is 18.1 Å². The van der Waals surface area contributed by atoms with Crippen molar-refractivity contribution in [2.75, 3.05) is 0 Å². The molecule has 108 valence electrons. The molecule has 0 saturated heterocycles. The summed E-state index contributed by atoms with van der Waals surface area (Å²) in [6, 6.07) is 15.4. The van der Waals surface area contributed by atoms with Gasteiger partial charge in [0.1, 0.15) is 11.5 Å². The predicted octanol–water partition coefficient (Wildman–Crippen LogP) is 3.28. The molecule has 0 radical (unpaired) electrons. The first-order chi connectivity index (χ1) is 10.1. The predicted molar refractivity (Wildman–Crippen MR) is 75.5 cm³/mol. The summed E-state index contributed by atoms with van der Waals surface area (Å²) < 4.78 is 9.72. The number of esters is 1. The fourth-order valence-corrected chi connectivity index (χ4v) is 1.78. The second kappa shape index (κ2) is 7.09. The summed E-state index contributed by atoms with van der Waals surface area (Å²) in [5.74, 6) is 0.396. The number of ether oxygens (including phenoxy) is 2. The smallest absolute Gasteiger partial charge is 0.449 e. The van der Waals surface area contributed by atoms with Crippen molar-refractivity contribution in [2.24, 2.45) is 0 Å². The van der Waals surface area contributed by atoms with Crippen LogP contribution in [-0.2, 0) is 11.2 Å². The molecule has 0 aliphatic rings. The highest BCUT2D eigenvalue weighted by Crippen LogP contribution is 2.16. The molecular weight excluding hydrogens is 272 g/mol. The van der Waals surface area contributed by atoms with Crippen molar-refractivity contribution in [2.45, 2.75) is 12.8 Å². The number of carbonyl (C=O) groups is 2. The van der Waals surface area contributed by atoms with Crippen LogP contribution in [0, 0.1) is 0 Å². The summed E-state index contributed by atoms with van der Waals surface area (Å²) in [7, 11) is 0. The molecular formula is C16H14O5. The number of benzene rings is 2. The lowest BCUT2D eigenvalue weighted by molar-refractivity contribution is -0.134. The number of para-hydroxylation sites is 1. The quantitative estimate of drug-likeness (QED) is 0.518. The Labute approximate surface area is 121 Å². The molecule has 1 N–H and O–H groups in total. The van der Waals surface area contributed by atoms with Gasteiger partial charge in [-0.15, -0.1) is 0 Å². The number of aryl methyl sites for hydroxylation is 1. The lowest BCUT2D eigenvalue weighted by Crippen LogP contribution is -2.09. The normalized spacial score (nSPS) is 9.90. The maximum Gasteiger partial charge on any atom is 0.511 e. The molecule has 0 unspecified atom stereocenters. The van der Waals surface area contributed by atoms with Crippen LogP contribution in [0.25, 0.3) is 0 Å². The Morgan fingerprint density at radius 1 is 0.905 bits per heavy atom. The molecule has 0 aromatic heterocycles. The van der Waals surface area contributed by atoms with E-state index in [0.29, 0.717) is 12.2 Å². The molecule has 5 nitrogen and oxygen atoms in total.